The van der Waals surface area contributed by atoms with Crippen LogP contribution in [-0.2, 0) is 0 Å². The Morgan fingerprint density at radius 3 is 1.19 bits per heavy atom. The molecule has 0 aliphatic heterocycles. The fourth-order valence-electron chi connectivity index (χ4n) is 5.67. The van der Waals surface area contributed by atoms with Crippen molar-refractivity contribution in [2.24, 2.45) is 9.98 Å². The maximum absolute atomic E-state index is 10.9. The predicted octanol–water partition coefficient (Wildman–Crippen LogP) is 12.4. The van der Waals surface area contributed by atoms with Crippen LogP contribution in [0.5, 0.6) is 23.0 Å². The third kappa shape index (κ3) is 15.0. The molecule has 0 unspecified atom stereocenters. The summed E-state index contributed by atoms with van der Waals surface area (Å²) in [5, 5.41) is 21.7. The Hall–Kier alpha value is -3.80. The van der Waals surface area contributed by atoms with Crippen LogP contribution >= 0.6 is 0 Å². The normalized spacial score (nSPS) is 11.5. The van der Waals surface area contributed by atoms with Gasteiger partial charge < -0.3 is 19.7 Å². The number of rotatable bonds is 26. The lowest BCUT2D eigenvalue weighted by Crippen LogP contribution is -1.98. The van der Waals surface area contributed by atoms with E-state index >= 15 is 0 Å². The van der Waals surface area contributed by atoms with Crippen molar-refractivity contribution >= 4 is 23.8 Å². The number of aromatic hydroxyl groups is 2. The van der Waals surface area contributed by atoms with Crippen molar-refractivity contribution in [3.8, 4) is 23.0 Å². The maximum Gasteiger partial charge on any atom is 0.166 e. The summed E-state index contributed by atoms with van der Waals surface area (Å²) < 4.78 is 11.8. The fraction of sp³-hybridized carbons (Fsp3) is 0.524. The van der Waals surface area contributed by atoms with Gasteiger partial charge in [-0.05, 0) is 49.2 Å². The molecule has 0 aromatic heterocycles. The zero-order valence-electron chi connectivity index (χ0n) is 29.7. The topological polar surface area (TPSA) is 83.6 Å². The molecule has 6 nitrogen and oxygen atoms in total. The van der Waals surface area contributed by atoms with Crippen molar-refractivity contribution in [1.29, 1.82) is 0 Å². The molecule has 0 spiro atoms. The number of hydrogen-bond donors (Lipinski definition) is 2. The van der Waals surface area contributed by atoms with Gasteiger partial charge in [0.1, 0.15) is 0 Å². The van der Waals surface area contributed by atoms with E-state index < -0.39 is 0 Å². The van der Waals surface area contributed by atoms with E-state index in [4.69, 9.17) is 9.47 Å². The molecular formula is C42H60N2O4. The van der Waals surface area contributed by atoms with Crippen LogP contribution in [0.25, 0.3) is 0 Å². The molecule has 262 valence electrons. The van der Waals surface area contributed by atoms with Gasteiger partial charge in [-0.25, -0.2) is 0 Å². The molecule has 0 aliphatic rings. The molecule has 0 saturated heterocycles. The summed E-state index contributed by atoms with van der Waals surface area (Å²) in [6.07, 6.45) is 25.8. The zero-order valence-corrected chi connectivity index (χ0v) is 29.7. The van der Waals surface area contributed by atoms with Gasteiger partial charge in [-0.15, -0.1) is 0 Å². The summed E-state index contributed by atoms with van der Waals surface area (Å²) in [7, 11) is 0. The second kappa shape index (κ2) is 24.4. The Morgan fingerprint density at radius 1 is 0.458 bits per heavy atom. The predicted molar refractivity (Wildman–Crippen MR) is 203 cm³/mol. The highest BCUT2D eigenvalue weighted by atomic mass is 16.5. The molecule has 2 N–H and O–H groups in total. The minimum absolute atomic E-state index is 0.0855. The Kier molecular flexibility index (Phi) is 19.6. The highest BCUT2D eigenvalue weighted by Crippen LogP contribution is 2.33. The highest BCUT2D eigenvalue weighted by molar-refractivity contribution is 5.90. The molecule has 0 fully saturated rings. The standard InChI is InChI=1S/C42H60N2O4/c1-3-5-7-9-11-13-15-17-21-31-47-39-29-23-25-35(41(39)45)33-43-37-27-19-20-28-38(37)44-34-36-26-24-30-40(42(36)46)48-32-22-18-16-14-12-10-8-6-4-2/h19-20,23-30,33-34,45-46H,3-18,21-22,31-32H2,1-2H3. The smallest absolute Gasteiger partial charge is 0.166 e. The van der Waals surface area contributed by atoms with Crippen LogP contribution in [0.4, 0.5) is 11.4 Å². The van der Waals surface area contributed by atoms with E-state index in [-0.39, 0.29) is 11.5 Å². The van der Waals surface area contributed by atoms with E-state index in [9.17, 15) is 10.2 Å². The van der Waals surface area contributed by atoms with Crippen LogP contribution < -0.4 is 9.47 Å². The van der Waals surface area contributed by atoms with Crippen molar-refractivity contribution in [1.82, 2.24) is 0 Å². The van der Waals surface area contributed by atoms with Gasteiger partial charge in [0.25, 0.3) is 0 Å². The second-order valence-corrected chi connectivity index (χ2v) is 12.7. The summed E-state index contributed by atoms with van der Waals surface area (Å²) in [5.74, 6) is 1.12. The first-order chi connectivity index (χ1) is 23.6. The monoisotopic (exact) mass is 656 g/mol. The molecule has 48 heavy (non-hydrogen) atoms. The van der Waals surface area contributed by atoms with Crippen molar-refractivity contribution in [3.63, 3.8) is 0 Å². The molecule has 0 saturated carbocycles. The van der Waals surface area contributed by atoms with E-state index in [1.807, 2.05) is 48.5 Å². The number of aliphatic imine (C=N–C) groups is 2. The molecule has 3 aromatic rings. The first-order valence-electron chi connectivity index (χ1n) is 18.7. The Labute approximate surface area is 290 Å². The number of para-hydroxylation sites is 4. The second-order valence-electron chi connectivity index (χ2n) is 12.7. The first kappa shape index (κ1) is 38.6. The summed E-state index contributed by atoms with van der Waals surface area (Å²) in [6, 6.07) is 18.5. The van der Waals surface area contributed by atoms with Gasteiger partial charge in [-0.2, -0.15) is 0 Å². The van der Waals surface area contributed by atoms with E-state index in [1.54, 1.807) is 24.6 Å². The molecule has 0 aliphatic carbocycles. The molecule has 0 bridgehead atoms. The first-order valence-corrected chi connectivity index (χ1v) is 18.7. The van der Waals surface area contributed by atoms with Crippen molar-refractivity contribution in [2.75, 3.05) is 13.2 Å². The minimum Gasteiger partial charge on any atom is -0.504 e. The van der Waals surface area contributed by atoms with Crippen LogP contribution in [0.2, 0.25) is 0 Å². The molecule has 6 heteroatoms. The summed E-state index contributed by atoms with van der Waals surface area (Å²) in [5.41, 5.74) is 2.44. The molecule has 3 aromatic carbocycles. The van der Waals surface area contributed by atoms with Crippen LogP contribution in [0.1, 0.15) is 141 Å². The van der Waals surface area contributed by atoms with Gasteiger partial charge in [-0.1, -0.05) is 141 Å². The number of hydrogen-bond acceptors (Lipinski definition) is 6. The summed E-state index contributed by atoms with van der Waals surface area (Å²) in [4.78, 5) is 9.27. The van der Waals surface area contributed by atoms with Crippen molar-refractivity contribution in [3.05, 3.63) is 71.8 Å². The zero-order chi connectivity index (χ0) is 34.1. The number of benzene rings is 3. The van der Waals surface area contributed by atoms with Crippen LogP contribution in [0.3, 0.4) is 0 Å². The lowest BCUT2D eigenvalue weighted by molar-refractivity contribution is 0.288. The average molecular weight is 657 g/mol. The molecular weight excluding hydrogens is 596 g/mol. The number of ether oxygens (including phenoxy) is 2. The van der Waals surface area contributed by atoms with E-state index in [0.29, 0.717) is 47.2 Å². The highest BCUT2D eigenvalue weighted by Gasteiger charge is 2.09. The number of nitrogens with zero attached hydrogens (tertiary/aromatic N) is 2. The molecule has 0 radical (unpaired) electrons. The van der Waals surface area contributed by atoms with Gasteiger partial charge >= 0.3 is 0 Å². The van der Waals surface area contributed by atoms with Crippen molar-refractivity contribution < 1.29 is 19.7 Å². The number of unbranched alkanes of at least 4 members (excludes halogenated alkanes) is 16. The largest absolute Gasteiger partial charge is 0.504 e. The summed E-state index contributed by atoms with van der Waals surface area (Å²) >= 11 is 0. The SMILES string of the molecule is CCCCCCCCCCCOc1cccc(C=Nc2ccccc2N=Cc2cccc(OCCCCCCCCCCC)c2O)c1O. The quantitative estimate of drug-likeness (QED) is 0.0665. The van der Waals surface area contributed by atoms with E-state index in [1.165, 1.54) is 89.9 Å². The summed E-state index contributed by atoms with van der Waals surface area (Å²) in [6.45, 7) is 5.67. The third-order valence-electron chi connectivity index (χ3n) is 8.64. The lowest BCUT2D eigenvalue weighted by atomic mass is 10.1. The molecule has 0 amide bonds. The number of phenols is 2. The van der Waals surface area contributed by atoms with Crippen LogP contribution in [0.15, 0.2) is 70.6 Å². The van der Waals surface area contributed by atoms with Crippen molar-refractivity contribution in [2.45, 2.75) is 129 Å². The van der Waals surface area contributed by atoms with E-state index in [0.717, 1.165) is 25.7 Å². The molecule has 0 heterocycles. The van der Waals surface area contributed by atoms with Crippen LogP contribution in [0, 0.1) is 0 Å². The minimum atomic E-state index is 0.0855. The van der Waals surface area contributed by atoms with E-state index in [2.05, 4.69) is 23.8 Å². The van der Waals surface area contributed by atoms with Gasteiger partial charge in [-0.3, -0.25) is 9.98 Å². The average Bonchev–Trinajstić information content (AvgIpc) is 3.10. The van der Waals surface area contributed by atoms with Gasteiger partial charge in [0.15, 0.2) is 23.0 Å². The lowest BCUT2D eigenvalue weighted by Gasteiger charge is -2.10. The fourth-order valence-corrected chi connectivity index (χ4v) is 5.67. The third-order valence-corrected chi connectivity index (χ3v) is 8.64. The van der Waals surface area contributed by atoms with Gasteiger partial charge in [0, 0.05) is 23.6 Å². The number of phenolic OH excluding ortho intramolecular Hbond substituents is 2. The Bertz CT molecular complexity index is 1250. The Balaban J connectivity index is 1.49. The van der Waals surface area contributed by atoms with Crippen LogP contribution in [-0.4, -0.2) is 35.9 Å². The molecule has 0 atom stereocenters. The van der Waals surface area contributed by atoms with Gasteiger partial charge in [0.2, 0.25) is 0 Å². The van der Waals surface area contributed by atoms with Gasteiger partial charge in [0.05, 0.1) is 24.6 Å². The maximum atomic E-state index is 10.9. The Morgan fingerprint density at radius 2 is 0.812 bits per heavy atom. The molecule has 3 rings (SSSR count).